The average molecular weight is 359 g/mol. The molecule has 0 atom stereocenters. The highest BCUT2D eigenvalue weighted by Crippen LogP contribution is 2.27. The fourth-order valence-electron chi connectivity index (χ4n) is 1.86. The Bertz CT molecular complexity index is 681. The van der Waals surface area contributed by atoms with Crippen molar-refractivity contribution in [1.82, 2.24) is 4.98 Å². The highest BCUT2D eigenvalue weighted by molar-refractivity contribution is 9.10. The standard InChI is InChI=1S/C14H13BrF2N2O2/c1-7-14(21)9(8(6-20)4-18-7)5-19-13-2-10(15)11(16)3-12(13)17/h2-4,19-21H,5-6H2,1H3. The number of anilines is 1. The summed E-state index contributed by atoms with van der Waals surface area (Å²) < 4.78 is 26.9. The SMILES string of the molecule is Cc1ncc(CO)c(CNc2cc(Br)c(F)cc2F)c1O. The van der Waals surface area contributed by atoms with E-state index in [4.69, 9.17) is 0 Å². The number of pyridine rings is 1. The normalized spacial score (nSPS) is 10.7. The van der Waals surface area contributed by atoms with Crippen molar-refractivity contribution in [3.8, 4) is 5.75 Å². The summed E-state index contributed by atoms with van der Waals surface area (Å²) in [5, 5.41) is 22.0. The number of aryl methyl sites for hydroxylation is 1. The van der Waals surface area contributed by atoms with Crippen LogP contribution in [0.1, 0.15) is 16.8 Å². The molecule has 2 rings (SSSR count). The van der Waals surface area contributed by atoms with Gasteiger partial charge in [-0.2, -0.15) is 0 Å². The number of hydrogen-bond donors (Lipinski definition) is 3. The molecular weight excluding hydrogens is 346 g/mol. The molecule has 0 aliphatic heterocycles. The van der Waals surface area contributed by atoms with E-state index in [1.165, 1.54) is 12.3 Å². The molecule has 3 N–H and O–H groups in total. The van der Waals surface area contributed by atoms with Gasteiger partial charge in [-0.3, -0.25) is 4.98 Å². The van der Waals surface area contributed by atoms with Crippen LogP contribution in [0.3, 0.4) is 0 Å². The number of aromatic nitrogens is 1. The van der Waals surface area contributed by atoms with Gasteiger partial charge in [0.25, 0.3) is 0 Å². The summed E-state index contributed by atoms with van der Waals surface area (Å²) in [4.78, 5) is 3.94. The van der Waals surface area contributed by atoms with E-state index in [0.29, 0.717) is 16.8 Å². The Kier molecular flexibility index (Phi) is 4.74. The van der Waals surface area contributed by atoms with E-state index in [9.17, 15) is 19.0 Å². The largest absolute Gasteiger partial charge is 0.506 e. The third-order valence-corrected chi connectivity index (χ3v) is 3.67. The Hall–Kier alpha value is -1.73. The Balaban J connectivity index is 2.28. The number of aliphatic hydroxyl groups excluding tert-OH is 1. The smallest absolute Gasteiger partial charge is 0.149 e. The van der Waals surface area contributed by atoms with Crippen LogP contribution in [0.5, 0.6) is 5.75 Å². The Labute approximate surface area is 128 Å². The van der Waals surface area contributed by atoms with Gasteiger partial charge in [0, 0.05) is 29.9 Å². The van der Waals surface area contributed by atoms with Gasteiger partial charge < -0.3 is 15.5 Å². The maximum Gasteiger partial charge on any atom is 0.149 e. The number of nitrogens with zero attached hydrogens (tertiary/aromatic N) is 1. The van der Waals surface area contributed by atoms with Gasteiger partial charge in [-0.05, 0) is 28.9 Å². The average Bonchev–Trinajstić information content (AvgIpc) is 2.45. The third-order valence-electron chi connectivity index (χ3n) is 3.07. The van der Waals surface area contributed by atoms with E-state index in [-0.39, 0.29) is 29.1 Å². The van der Waals surface area contributed by atoms with Crippen LogP contribution >= 0.6 is 15.9 Å². The quantitative estimate of drug-likeness (QED) is 0.734. The molecule has 0 aliphatic rings. The lowest BCUT2D eigenvalue weighted by molar-refractivity contribution is 0.279. The van der Waals surface area contributed by atoms with Gasteiger partial charge in [-0.25, -0.2) is 8.78 Å². The second-order valence-corrected chi connectivity index (χ2v) is 5.31. The molecule has 0 aliphatic carbocycles. The first kappa shape index (κ1) is 15.7. The lowest BCUT2D eigenvalue weighted by Crippen LogP contribution is -2.07. The van der Waals surface area contributed by atoms with E-state index in [0.717, 1.165) is 6.07 Å². The molecule has 2 aromatic rings. The van der Waals surface area contributed by atoms with Gasteiger partial charge >= 0.3 is 0 Å². The fraction of sp³-hybridized carbons (Fsp3) is 0.214. The zero-order chi connectivity index (χ0) is 15.6. The summed E-state index contributed by atoms with van der Waals surface area (Å²) in [5.41, 5.74) is 1.35. The first-order valence-electron chi connectivity index (χ1n) is 6.09. The van der Waals surface area contributed by atoms with E-state index < -0.39 is 11.6 Å². The van der Waals surface area contributed by atoms with Crippen LogP contribution in [-0.2, 0) is 13.2 Å². The molecule has 1 aromatic carbocycles. The summed E-state index contributed by atoms with van der Waals surface area (Å²) in [6.07, 6.45) is 1.45. The van der Waals surface area contributed by atoms with Gasteiger partial charge in [-0.1, -0.05) is 0 Å². The Morgan fingerprint density at radius 1 is 1.29 bits per heavy atom. The molecule has 21 heavy (non-hydrogen) atoms. The van der Waals surface area contributed by atoms with Crippen molar-refractivity contribution in [1.29, 1.82) is 0 Å². The topological polar surface area (TPSA) is 65.4 Å². The molecule has 0 amide bonds. The molecule has 0 spiro atoms. The van der Waals surface area contributed by atoms with Gasteiger partial charge in [0.2, 0.25) is 0 Å². The van der Waals surface area contributed by atoms with E-state index in [1.807, 2.05) is 0 Å². The van der Waals surface area contributed by atoms with E-state index in [1.54, 1.807) is 6.92 Å². The minimum Gasteiger partial charge on any atom is -0.506 e. The molecule has 0 bridgehead atoms. The van der Waals surface area contributed by atoms with Gasteiger partial charge in [0.15, 0.2) is 0 Å². The Morgan fingerprint density at radius 3 is 2.67 bits per heavy atom. The van der Waals surface area contributed by atoms with Crippen molar-refractivity contribution >= 4 is 21.6 Å². The molecule has 0 radical (unpaired) electrons. The van der Waals surface area contributed by atoms with Crippen molar-refractivity contribution in [3.05, 3.63) is 51.3 Å². The number of nitrogens with one attached hydrogen (secondary N) is 1. The van der Waals surface area contributed by atoms with Crippen molar-refractivity contribution in [3.63, 3.8) is 0 Å². The second-order valence-electron chi connectivity index (χ2n) is 4.45. The molecule has 0 fully saturated rings. The van der Waals surface area contributed by atoms with Crippen LogP contribution in [0.4, 0.5) is 14.5 Å². The van der Waals surface area contributed by atoms with Gasteiger partial charge in [0.1, 0.15) is 17.4 Å². The zero-order valence-electron chi connectivity index (χ0n) is 11.1. The maximum absolute atomic E-state index is 13.6. The van der Waals surface area contributed by atoms with Crippen LogP contribution in [0.2, 0.25) is 0 Å². The molecule has 4 nitrogen and oxygen atoms in total. The number of aliphatic hydroxyl groups is 1. The fourth-order valence-corrected chi connectivity index (χ4v) is 2.20. The first-order chi connectivity index (χ1) is 9.93. The third kappa shape index (κ3) is 3.30. The second kappa shape index (κ2) is 6.36. The van der Waals surface area contributed by atoms with E-state index in [2.05, 4.69) is 26.2 Å². The molecular formula is C14H13BrF2N2O2. The molecule has 1 heterocycles. The summed E-state index contributed by atoms with van der Waals surface area (Å²) in [6.45, 7) is 1.39. The predicted octanol–water partition coefficient (Wildman–Crippen LogP) is 3.24. The lowest BCUT2D eigenvalue weighted by atomic mass is 10.1. The van der Waals surface area contributed by atoms with Crippen LogP contribution < -0.4 is 5.32 Å². The van der Waals surface area contributed by atoms with Crippen molar-refractivity contribution in [2.75, 3.05) is 5.32 Å². The van der Waals surface area contributed by atoms with Crippen LogP contribution in [0.25, 0.3) is 0 Å². The number of rotatable bonds is 4. The highest BCUT2D eigenvalue weighted by Gasteiger charge is 2.13. The summed E-state index contributed by atoms with van der Waals surface area (Å²) in [6, 6.07) is 2.03. The lowest BCUT2D eigenvalue weighted by Gasteiger charge is -2.14. The molecule has 7 heteroatoms. The van der Waals surface area contributed by atoms with Crippen molar-refractivity contribution < 1.29 is 19.0 Å². The number of aromatic hydroxyl groups is 1. The van der Waals surface area contributed by atoms with Crippen molar-refractivity contribution in [2.45, 2.75) is 20.1 Å². The van der Waals surface area contributed by atoms with Crippen LogP contribution in [0.15, 0.2) is 22.8 Å². The van der Waals surface area contributed by atoms with E-state index >= 15 is 0 Å². The molecule has 0 saturated carbocycles. The highest BCUT2D eigenvalue weighted by atomic mass is 79.9. The molecule has 1 aromatic heterocycles. The Morgan fingerprint density at radius 2 is 2.00 bits per heavy atom. The summed E-state index contributed by atoms with van der Waals surface area (Å²) in [5.74, 6) is -1.50. The number of halogens is 3. The summed E-state index contributed by atoms with van der Waals surface area (Å²) in [7, 11) is 0. The zero-order valence-corrected chi connectivity index (χ0v) is 12.7. The summed E-state index contributed by atoms with van der Waals surface area (Å²) >= 11 is 2.98. The number of hydrogen-bond acceptors (Lipinski definition) is 4. The van der Waals surface area contributed by atoms with Crippen molar-refractivity contribution in [2.24, 2.45) is 0 Å². The van der Waals surface area contributed by atoms with Crippen LogP contribution in [0, 0.1) is 18.6 Å². The number of benzene rings is 1. The van der Waals surface area contributed by atoms with Gasteiger partial charge in [-0.15, -0.1) is 0 Å². The molecule has 0 unspecified atom stereocenters. The monoisotopic (exact) mass is 358 g/mol. The molecule has 0 saturated heterocycles. The molecule has 112 valence electrons. The van der Waals surface area contributed by atoms with Gasteiger partial charge in [0.05, 0.1) is 22.5 Å². The van der Waals surface area contributed by atoms with Crippen LogP contribution in [-0.4, -0.2) is 15.2 Å². The minimum absolute atomic E-state index is 0.0596. The maximum atomic E-state index is 13.6. The predicted molar refractivity (Wildman–Crippen MR) is 77.9 cm³/mol. The minimum atomic E-state index is -0.744. The first-order valence-corrected chi connectivity index (χ1v) is 6.89.